The predicted molar refractivity (Wildman–Crippen MR) is 103 cm³/mol. The molecule has 0 aromatic heterocycles. The molecule has 2 aromatic carbocycles. The highest BCUT2D eigenvalue weighted by Gasteiger charge is 2.26. The van der Waals surface area contributed by atoms with Gasteiger partial charge in [-0.3, -0.25) is 4.79 Å². The van der Waals surface area contributed by atoms with E-state index < -0.39 is 10.0 Å². The first-order chi connectivity index (χ1) is 12.9. The van der Waals surface area contributed by atoms with Crippen LogP contribution in [0, 0.1) is 12.7 Å². The van der Waals surface area contributed by atoms with Gasteiger partial charge in [-0.1, -0.05) is 6.07 Å². The number of carbonyl (C=O) groups excluding carboxylic acids is 1. The normalized spacial score (nSPS) is 14.9. The summed E-state index contributed by atoms with van der Waals surface area (Å²) in [6.45, 7) is 2.74. The number of nitrogens with zero attached hydrogens (tertiary/aromatic N) is 1. The molecule has 0 spiro atoms. The van der Waals surface area contributed by atoms with Crippen molar-refractivity contribution >= 4 is 27.3 Å². The van der Waals surface area contributed by atoms with E-state index in [1.54, 1.807) is 31.2 Å². The van der Waals surface area contributed by atoms with E-state index in [0.717, 1.165) is 12.8 Å². The maximum absolute atomic E-state index is 13.5. The standard InChI is InChI=1S/C19H22FN3O3S/c1-14-4-5-16(12-18(14)20)22-19(24)13-21-15-6-8-17(9-7-15)27(25,26)23-10-2-3-11-23/h4-9,12,21H,2-3,10-11,13H2,1H3,(H,22,24). The molecule has 2 aromatic rings. The number of anilines is 2. The van der Waals surface area contributed by atoms with Gasteiger partial charge in [-0.25, -0.2) is 12.8 Å². The minimum absolute atomic E-state index is 0.0201. The zero-order chi connectivity index (χ0) is 19.4. The molecular weight excluding hydrogens is 369 g/mol. The average Bonchev–Trinajstić information content (AvgIpc) is 3.19. The largest absolute Gasteiger partial charge is 0.376 e. The lowest BCUT2D eigenvalue weighted by atomic mass is 10.2. The van der Waals surface area contributed by atoms with E-state index >= 15 is 0 Å². The summed E-state index contributed by atoms with van der Waals surface area (Å²) in [4.78, 5) is 12.2. The quantitative estimate of drug-likeness (QED) is 0.794. The van der Waals surface area contributed by atoms with Crippen molar-refractivity contribution in [3.8, 4) is 0 Å². The number of hydrogen-bond donors (Lipinski definition) is 2. The molecule has 0 radical (unpaired) electrons. The van der Waals surface area contributed by atoms with Crippen LogP contribution in [0.4, 0.5) is 15.8 Å². The number of rotatable bonds is 6. The zero-order valence-corrected chi connectivity index (χ0v) is 15.9. The van der Waals surface area contributed by atoms with Crippen molar-refractivity contribution in [3.63, 3.8) is 0 Å². The topological polar surface area (TPSA) is 78.5 Å². The maximum Gasteiger partial charge on any atom is 0.243 e. The van der Waals surface area contributed by atoms with E-state index in [1.165, 1.54) is 22.5 Å². The molecule has 0 saturated carbocycles. The Labute approximate surface area is 158 Å². The Balaban J connectivity index is 1.56. The van der Waals surface area contributed by atoms with Crippen LogP contribution >= 0.6 is 0 Å². The van der Waals surface area contributed by atoms with Crippen molar-refractivity contribution in [3.05, 3.63) is 53.8 Å². The van der Waals surface area contributed by atoms with Gasteiger partial charge in [0.1, 0.15) is 5.82 Å². The summed E-state index contributed by atoms with van der Waals surface area (Å²) in [6.07, 6.45) is 1.78. The van der Waals surface area contributed by atoms with Gasteiger partial charge in [0.2, 0.25) is 15.9 Å². The third-order valence-corrected chi connectivity index (χ3v) is 6.38. The van der Waals surface area contributed by atoms with Crippen LogP contribution in [0.5, 0.6) is 0 Å². The van der Waals surface area contributed by atoms with Gasteiger partial charge in [-0.15, -0.1) is 0 Å². The molecule has 1 saturated heterocycles. The van der Waals surface area contributed by atoms with Crippen LogP contribution in [0.1, 0.15) is 18.4 Å². The molecule has 8 heteroatoms. The SMILES string of the molecule is Cc1ccc(NC(=O)CNc2ccc(S(=O)(=O)N3CCCC3)cc2)cc1F. The molecule has 6 nitrogen and oxygen atoms in total. The summed E-state index contributed by atoms with van der Waals surface area (Å²) in [5.41, 5.74) is 1.52. The van der Waals surface area contributed by atoms with Crippen LogP contribution in [0.15, 0.2) is 47.4 Å². The monoisotopic (exact) mass is 391 g/mol. The van der Waals surface area contributed by atoms with E-state index in [-0.39, 0.29) is 23.2 Å². The minimum Gasteiger partial charge on any atom is -0.376 e. The van der Waals surface area contributed by atoms with Gasteiger partial charge in [0, 0.05) is 24.5 Å². The van der Waals surface area contributed by atoms with Gasteiger partial charge in [0.05, 0.1) is 11.4 Å². The first-order valence-electron chi connectivity index (χ1n) is 8.76. The fourth-order valence-corrected chi connectivity index (χ4v) is 4.40. The molecule has 1 heterocycles. The molecule has 1 fully saturated rings. The minimum atomic E-state index is -3.44. The second kappa shape index (κ2) is 8.06. The highest BCUT2D eigenvalue weighted by Crippen LogP contribution is 2.22. The Kier molecular flexibility index (Phi) is 5.76. The summed E-state index contributed by atoms with van der Waals surface area (Å²) in [5.74, 6) is -0.706. The van der Waals surface area contributed by atoms with Crippen molar-refractivity contribution < 1.29 is 17.6 Å². The maximum atomic E-state index is 13.5. The Morgan fingerprint density at radius 3 is 2.33 bits per heavy atom. The lowest BCUT2D eigenvalue weighted by molar-refractivity contribution is -0.114. The van der Waals surface area contributed by atoms with Gasteiger partial charge >= 0.3 is 0 Å². The summed E-state index contributed by atoms with van der Waals surface area (Å²) in [5, 5.41) is 5.53. The van der Waals surface area contributed by atoms with E-state index in [1.807, 2.05) is 0 Å². The first kappa shape index (κ1) is 19.3. The second-order valence-corrected chi connectivity index (χ2v) is 8.44. The lowest BCUT2D eigenvalue weighted by Gasteiger charge is -2.15. The Hall–Kier alpha value is -2.45. The summed E-state index contributed by atoms with van der Waals surface area (Å²) >= 11 is 0. The number of sulfonamides is 1. The van der Waals surface area contributed by atoms with E-state index in [4.69, 9.17) is 0 Å². The average molecular weight is 391 g/mol. The molecule has 0 unspecified atom stereocenters. The predicted octanol–water partition coefficient (Wildman–Crippen LogP) is 2.97. The van der Waals surface area contributed by atoms with Crippen molar-refractivity contribution in [2.24, 2.45) is 0 Å². The Morgan fingerprint density at radius 2 is 1.70 bits per heavy atom. The van der Waals surface area contributed by atoms with Crippen LogP contribution in [-0.2, 0) is 14.8 Å². The molecule has 1 aliphatic rings. The van der Waals surface area contributed by atoms with Crippen molar-refractivity contribution in [2.45, 2.75) is 24.7 Å². The summed E-state index contributed by atoms with van der Waals surface area (Å²) < 4.78 is 40.0. The van der Waals surface area contributed by atoms with E-state index in [9.17, 15) is 17.6 Å². The fraction of sp³-hybridized carbons (Fsp3) is 0.316. The third kappa shape index (κ3) is 4.64. The fourth-order valence-electron chi connectivity index (χ4n) is 2.88. The van der Waals surface area contributed by atoms with Gasteiger partial charge < -0.3 is 10.6 Å². The van der Waals surface area contributed by atoms with Crippen molar-refractivity contribution in [1.82, 2.24) is 4.31 Å². The smallest absolute Gasteiger partial charge is 0.243 e. The van der Waals surface area contributed by atoms with Gasteiger partial charge in [-0.2, -0.15) is 4.31 Å². The van der Waals surface area contributed by atoms with Crippen LogP contribution in [0.25, 0.3) is 0 Å². The number of aryl methyl sites for hydroxylation is 1. The number of amides is 1. The Morgan fingerprint density at radius 1 is 1.07 bits per heavy atom. The van der Waals surface area contributed by atoms with Crippen molar-refractivity contribution in [2.75, 3.05) is 30.3 Å². The molecule has 0 aliphatic carbocycles. The van der Waals surface area contributed by atoms with Crippen LogP contribution < -0.4 is 10.6 Å². The number of benzene rings is 2. The number of hydrogen-bond acceptors (Lipinski definition) is 4. The molecule has 0 atom stereocenters. The van der Waals surface area contributed by atoms with Crippen molar-refractivity contribution in [1.29, 1.82) is 0 Å². The van der Waals surface area contributed by atoms with Gasteiger partial charge in [0.25, 0.3) is 0 Å². The van der Waals surface area contributed by atoms with E-state index in [0.29, 0.717) is 30.0 Å². The molecule has 27 heavy (non-hydrogen) atoms. The highest BCUT2D eigenvalue weighted by atomic mass is 32.2. The lowest BCUT2D eigenvalue weighted by Crippen LogP contribution is -2.27. The number of carbonyl (C=O) groups is 1. The van der Waals surface area contributed by atoms with Crippen LogP contribution in [0.3, 0.4) is 0 Å². The van der Waals surface area contributed by atoms with Gasteiger partial charge in [0.15, 0.2) is 0 Å². The molecule has 2 N–H and O–H groups in total. The zero-order valence-electron chi connectivity index (χ0n) is 15.0. The molecule has 144 valence electrons. The highest BCUT2D eigenvalue weighted by molar-refractivity contribution is 7.89. The molecular formula is C19H22FN3O3S. The van der Waals surface area contributed by atoms with E-state index in [2.05, 4.69) is 10.6 Å². The molecule has 3 rings (SSSR count). The number of nitrogens with one attached hydrogen (secondary N) is 2. The second-order valence-electron chi connectivity index (χ2n) is 6.50. The first-order valence-corrected chi connectivity index (χ1v) is 10.2. The van der Waals surface area contributed by atoms with Gasteiger partial charge in [-0.05, 0) is 61.7 Å². The Bertz CT molecular complexity index is 924. The number of halogens is 1. The summed E-state index contributed by atoms with van der Waals surface area (Å²) in [6, 6.07) is 10.8. The molecule has 1 amide bonds. The third-order valence-electron chi connectivity index (χ3n) is 4.47. The van der Waals surface area contributed by atoms with Crippen LogP contribution in [0.2, 0.25) is 0 Å². The molecule has 1 aliphatic heterocycles. The molecule has 0 bridgehead atoms. The van der Waals surface area contributed by atoms with Crippen LogP contribution in [-0.4, -0.2) is 38.3 Å². The summed E-state index contributed by atoms with van der Waals surface area (Å²) in [7, 11) is -3.44.